The largest absolute Gasteiger partial charge is 0.394 e. The Bertz CT molecular complexity index is 2360. The van der Waals surface area contributed by atoms with Crippen molar-refractivity contribution >= 4 is 0 Å². The van der Waals surface area contributed by atoms with Crippen molar-refractivity contribution in [1.82, 2.24) is 0 Å². The first-order valence-electron chi connectivity index (χ1n) is 29.0. The summed E-state index contributed by atoms with van der Waals surface area (Å²) in [6, 6.07) is 0. The highest BCUT2D eigenvalue weighted by atomic mass is 16.8. The minimum absolute atomic E-state index is 0.0370. The molecule has 21 aliphatic rings. The second kappa shape index (κ2) is 29.0. The van der Waals surface area contributed by atoms with E-state index in [-0.39, 0.29) is 5.41 Å². The smallest absolute Gasteiger partial charge is 0.187 e. The van der Waals surface area contributed by atoms with Gasteiger partial charge in [-0.3, -0.25) is 0 Å². The average molecular weight is 1240 g/mol. The van der Waals surface area contributed by atoms with E-state index in [4.69, 9.17) is 66.3 Å². The third kappa shape index (κ3) is 14.4. The van der Waals surface area contributed by atoms with Gasteiger partial charge in [-0.15, -0.1) is 0 Å². The monoisotopic (exact) mass is 1240 g/mol. The Hall–Kier alpha value is -2.50. The number of hydrogen-bond donors (Lipinski definition) is 16. The zero-order chi connectivity index (χ0) is 62.2. The van der Waals surface area contributed by atoms with Crippen LogP contribution in [0.4, 0.5) is 0 Å². The molecule has 30 nitrogen and oxygen atoms in total. The molecule has 21 rings (SSSR count). The van der Waals surface area contributed by atoms with Crippen LogP contribution >= 0.6 is 0 Å². The first-order chi connectivity index (χ1) is 40.9. The van der Waals surface area contributed by atoms with Crippen LogP contribution in [-0.2, 0) is 66.3 Å². The molecule has 490 valence electrons. The van der Waals surface area contributed by atoms with Gasteiger partial charge in [0, 0.05) is 0 Å². The number of hydrogen-bond acceptors (Lipinski definition) is 30. The van der Waals surface area contributed by atoms with Crippen LogP contribution in [-0.4, -0.2) is 312 Å². The van der Waals surface area contributed by atoms with Crippen molar-refractivity contribution in [3.05, 3.63) is 58.7 Å². The van der Waals surface area contributed by atoms with E-state index in [1.165, 1.54) is 11.1 Å². The maximum Gasteiger partial charge on any atom is 0.187 e. The zero-order valence-electron chi connectivity index (χ0n) is 48.1. The van der Waals surface area contributed by atoms with E-state index in [2.05, 4.69) is 26.8 Å². The third-order valence-electron chi connectivity index (χ3n) is 17.3. The summed E-state index contributed by atoms with van der Waals surface area (Å²) in [7, 11) is 0. The van der Waals surface area contributed by atoms with Gasteiger partial charge >= 0.3 is 0 Å². The Labute approximate surface area is 495 Å². The molecule has 0 saturated carbocycles. The fourth-order valence-electron chi connectivity index (χ4n) is 12.3. The number of aliphatic hydroxyl groups excluding tert-OH is 16. The Balaban J connectivity index is 1.05. The van der Waals surface area contributed by atoms with E-state index < -0.39 is 230 Å². The molecule has 24 unspecified atom stereocenters. The van der Waals surface area contributed by atoms with Crippen LogP contribution in [0.3, 0.4) is 0 Å². The van der Waals surface area contributed by atoms with Gasteiger partial charge in [0.15, 0.2) is 44.0 Å². The lowest BCUT2D eigenvalue weighted by atomic mass is 9.72. The third-order valence-corrected chi connectivity index (χ3v) is 17.3. The van der Waals surface area contributed by atoms with Gasteiger partial charge < -0.3 is 148 Å². The highest BCUT2D eigenvalue weighted by Crippen LogP contribution is 2.42. The molecule has 16 N–H and O–H groups in total. The van der Waals surface area contributed by atoms with Gasteiger partial charge in [-0.1, -0.05) is 60.9 Å². The minimum atomic E-state index is -2.15. The van der Waals surface area contributed by atoms with Gasteiger partial charge in [-0.05, 0) is 57.1 Å². The fourth-order valence-corrected chi connectivity index (χ4v) is 12.3. The van der Waals surface area contributed by atoms with Crippen LogP contribution in [0.1, 0.15) is 53.9 Å². The molecule has 0 aromatic rings. The molecule has 14 bridgehead atoms. The van der Waals surface area contributed by atoms with Crippen molar-refractivity contribution < 1.29 is 148 Å². The Morgan fingerprint density at radius 3 is 1.09 bits per heavy atom. The summed E-state index contributed by atoms with van der Waals surface area (Å²) in [5.41, 5.74) is 4.21. The van der Waals surface area contributed by atoms with Crippen molar-refractivity contribution in [2.24, 2.45) is 5.41 Å². The zero-order valence-corrected chi connectivity index (χ0v) is 48.1. The van der Waals surface area contributed by atoms with E-state index in [1.54, 1.807) is 19.1 Å². The van der Waals surface area contributed by atoms with Crippen molar-refractivity contribution in [3.63, 3.8) is 0 Å². The Morgan fingerprint density at radius 1 is 0.430 bits per heavy atom. The van der Waals surface area contributed by atoms with Gasteiger partial charge in [0.2, 0.25) is 0 Å². The number of allylic oxidation sites excluding steroid dienone is 9. The summed E-state index contributed by atoms with van der Waals surface area (Å²) >= 11 is 0. The van der Waals surface area contributed by atoms with Crippen LogP contribution in [0.2, 0.25) is 0 Å². The molecule has 20 heterocycles. The molecule has 20 aliphatic heterocycles. The first kappa shape index (κ1) is 67.9. The van der Waals surface area contributed by atoms with Crippen LogP contribution in [0.25, 0.3) is 0 Å². The second-order valence-corrected chi connectivity index (χ2v) is 24.0. The molecule has 0 aromatic carbocycles. The van der Waals surface area contributed by atoms with E-state index >= 15 is 0 Å². The molecule has 1 aliphatic carbocycles. The van der Waals surface area contributed by atoms with Gasteiger partial charge in [-0.2, -0.15) is 0 Å². The fraction of sp³-hybridized carbons (Fsp3) is 0.821. The topological polar surface area (TPSA) is 453 Å². The molecule has 0 aromatic heterocycles. The molecular formula is C56H86O30. The minimum Gasteiger partial charge on any atom is -0.394 e. The number of rotatable bonds is 9. The standard InChI is InChI=1S/C56H86O30/c1-21(11-12-24-23(3)10-7-13-56(24,4)5)8-6-9-22(2)14-31-73-19-29-48-37(66)43(72)55(80-29)86-49-30(20-74-31)79-54(42(71)36(49)65)84-47-28(18-60)77-52(40(69)34(47)63)82-45-26(16-58)75-50(38(67)32(45)61)81-44-25(15-57)76-51(39(68)33(44)62)83-46-27(17-59)78-53(85-48)41(70)35(46)64/h6,8-9,11-12,14,25-55,57-72H,7,10,13,15-20H2,1-5H3/b9-6+,12-11+,21-8+,22-14+/t25?,26?,27-,28-,29?,30?,31?,32?,33?,34-,35+,36?,37?,38?,39?,40+,41-,42?,43?,44?,45?,46?,47-,48?,49?,50?,51?,52?,53?,54?,55?/m1/s1. The Kier molecular flexibility index (Phi) is 22.9. The highest BCUT2D eigenvalue weighted by Gasteiger charge is 2.59. The lowest BCUT2D eigenvalue weighted by Crippen LogP contribution is -2.69. The molecule has 0 spiro atoms. The van der Waals surface area contributed by atoms with Crippen molar-refractivity contribution in [2.45, 2.75) is 244 Å². The van der Waals surface area contributed by atoms with Crippen molar-refractivity contribution in [1.29, 1.82) is 0 Å². The average Bonchev–Trinajstić information content (AvgIpc) is 1.47. The van der Waals surface area contributed by atoms with Crippen molar-refractivity contribution in [2.75, 3.05) is 39.6 Å². The maximum atomic E-state index is 11.9. The summed E-state index contributed by atoms with van der Waals surface area (Å²) in [5.74, 6) is 0. The molecule has 0 amide bonds. The summed E-state index contributed by atoms with van der Waals surface area (Å²) in [6.45, 7) is 5.23. The van der Waals surface area contributed by atoms with E-state index in [9.17, 15) is 81.7 Å². The normalized spacial score (nSPS) is 49.4. The van der Waals surface area contributed by atoms with Crippen LogP contribution in [0, 0.1) is 5.41 Å². The summed E-state index contributed by atoms with van der Waals surface area (Å²) in [4.78, 5) is 0. The van der Waals surface area contributed by atoms with Gasteiger partial charge in [0.05, 0.1) is 39.6 Å². The van der Waals surface area contributed by atoms with E-state index in [0.29, 0.717) is 5.57 Å². The lowest BCUT2D eigenvalue weighted by Gasteiger charge is -2.50. The van der Waals surface area contributed by atoms with Crippen LogP contribution in [0.5, 0.6) is 0 Å². The second-order valence-electron chi connectivity index (χ2n) is 24.0. The van der Waals surface area contributed by atoms with Gasteiger partial charge in [-0.25, -0.2) is 0 Å². The maximum absolute atomic E-state index is 11.9. The molecule has 30 heteroatoms. The SMILES string of the molecule is CC1=C(/C=C/C(C)=C/C=C/C(C)=C/C2OCC3OC4O[C@H]5[C@H](O)[C@H](O)C(OC6C(CO)OC(OC7C(CO)OC(OC8[C@@H](O)[C@@H](O)C(OC9C(CO2)OC(OC3C(O)C4O)C(O)C9O)O[C@@H]8CO)C(O)C7O)C(O)C6O)O[C@@H]5CO)C(C)(C)CCC1. The molecule has 0 radical (unpaired) electrons. The van der Waals surface area contributed by atoms with Crippen LogP contribution in [0.15, 0.2) is 58.7 Å². The highest BCUT2D eigenvalue weighted by molar-refractivity contribution is 5.37. The predicted octanol–water partition coefficient (Wildman–Crippen LogP) is -6.13. The first-order valence-corrected chi connectivity index (χ1v) is 29.0. The molecule has 20 fully saturated rings. The Morgan fingerprint density at radius 2 is 0.756 bits per heavy atom. The summed E-state index contributed by atoms with van der Waals surface area (Å²) < 4.78 is 83.8. The van der Waals surface area contributed by atoms with Gasteiger partial charge in [0.1, 0.15) is 146 Å². The molecule has 86 heavy (non-hydrogen) atoms. The van der Waals surface area contributed by atoms with E-state index in [0.717, 1.165) is 24.8 Å². The predicted molar refractivity (Wildman–Crippen MR) is 283 cm³/mol. The summed E-state index contributed by atoms with van der Waals surface area (Å²) in [5, 5.41) is 181. The van der Waals surface area contributed by atoms with Gasteiger partial charge in [0.25, 0.3) is 0 Å². The molecular weight excluding hydrogens is 1150 g/mol. The molecule has 31 atom stereocenters. The number of aliphatic hydroxyl groups is 16. The van der Waals surface area contributed by atoms with Crippen molar-refractivity contribution in [3.8, 4) is 0 Å². The number of ether oxygens (including phenoxy) is 14. The van der Waals surface area contributed by atoms with Crippen LogP contribution < -0.4 is 0 Å². The molecule has 20 saturated heterocycles. The quantitative estimate of drug-likeness (QED) is 0.0955. The lowest BCUT2D eigenvalue weighted by molar-refractivity contribution is -0.403. The summed E-state index contributed by atoms with van der Waals surface area (Å²) in [6.07, 6.45) is -44.6. The van der Waals surface area contributed by atoms with E-state index in [1.807, 2.05) is 25.2 Å².